The fraction of sp³-hybridized carbons (Fsp3) is 0.361. The Labute approximate surface area is 464 Å². The molecule has 0 amide bonds. The van der Waals surface area contributed by atoms with E-state index in [1.807, 2.05) is 0 Å². The van der Waals surface area contributed by atoms with Crippen molar-refractivity contribution in [3.05, 3.63) is 237 Å². The van der Waals surface area contributed by atoms with E-state index in [1.165, 1.54) is 117 Å². The van der Waals surface area contributed by atoms with Crippen LogP contribution in [0.2, 0.25) is 0 Å². The Morgan fingerprint density at radius 1 is 0.500 bits per heavy atom. The van der Waals surface area contributed by atoms with Crippen LogP contribution in [0.5, 0.6) is 0 Å². The lowest BCUT2D eigenvalue weighted by molar-refractivity contribution is 0.245. The monoisotopic (exact) mass is 1030 g/mol. The molecule has 6 heteroatoms. The zero-order valence-electron chi connectivity index (χ0n) is 45.6. The summed E-state index contributed by atoms with van der Waals surface area (Å²) < 4.78 is 0. The molecule has 13 rings (SSSR count). The molecule has 7 atom stereocenters. The number of hydrogen-bond donors (Lipinski definition) is 4. The number of hydrogen-bond acceptors (Lipinski definition) is 6. The van der Waals surface area contributed by atoms with Gasteiger partial charge in [-0.05, 0) is 206 Å². The standard InChI is InChI=1S/C72H78N6/c1-5-24-49(25-6-1)59-38-13-17-42-63(59)69-73-67(74-70(77-69)64-43-18-14-39-60(64)50-26-7-2-8-27-50)57-36-22-34-55(47-57)53-32-21-33-54(46-53)56-35-23-37-58(48-56)68-75-71(65-44-19-15-40-61(65)51-28-9-3-10-29-51)78-72(76-68)66-45-20-16-41-62(66)52-30-11-4-12-31-52/h1,3,5-7,9,13,17,21,23-28,30,32-33,35-39,41-44,46-47,58,61,66-67,69-71,73-74,77H,2,4,8,10-12,14-16,18-20,22,29,31,34,40,45,48H2,(H,75,76,78). The molecular weight excluding hydrogens is 949 g/mol. The van der Waals surface area contributed by atoms with Gasteiger partial charge in [0.05, 0.1) is 18.5 Å². The zero-order valence-corrected chi connectivity index (χ0v) is 45.6. The second-order valence-corrected chi connectivity index (χ2v) is 23.2. The van der Waals surface area contributed by atoms with Gasteiger partial charge in [0.25, 0.3) is 0 Å². The van der Waals surface area contributed by atoms with Crippen molar-refractivity contribution in [2.45, 2.75) is 147 Å². The minimum atomic E-state index is -0.194. The smallest absolute Gasteiger partial charge is 0.165 e. The lowest BCUT2D eigenvalue weighted by Gasteiger charge is -2.42. The molecule has 10 aliphatic rings. The van der Waals surface area contributed by atoms with Crippen LogP contribution in [0, 0.1) is 17.8 Å². The van der Waals surface area contributed by atoms with E-state index < -0.39 is 0 Å². The number of benzene rings is 3. The van der Waals surface area contributed by atoms with Crippen LogP contribution in [0.4, 0.5) is 0 Å². The average molecular weight is 1030 g/mol. The lowest BCUT2D eigenvalue weighted by Crippen LogP contribution is -2.64. The van der Waals surface area contributed by atoms with Gasteiger partial charge in [0.2, 0.25) is 0 Å². The molecule has 1 fully saturated rings. The fourth-order valence-corrected chi connectivity index (χ4v) is 14.2. The van der Waals surface area contributed by atoms with E-state index in [4.69, 9.17) is 9.98 Å². The average Bonchev–Trinajstić information content (AvgIpc) is 3.54. The van der Waals surface area contributed by atoms with Crippen molar-refractivity contribution in [2.75, 3.05) is 0 Å². The number of nitrogens with zero attached hydrogens (tertiary/aromatic N) is 2. The minimum Gasteiger partial charge on any atom is -0.331 e. The molecule has 2 aliphatic heterocycles. The molecule has 2 heterocycles. The number of nitrogens with one attached hydrogen (secondary N) is 4. The quantitative estimate of drug-likeness (QED) is 0.136. The van der Waals surface area contributed by atoms with Crippen LogP contribution in [0.25, 0.3) is 22.3 Å². The topological polar surface area (TPSA) is 72.8 Å². The van der Waals surface area contributed by atoms with E-state index in [2.05, 4.69) is 197 Å². The Balaban J connectivity index is 0.782. The first kappa shape index (κ1) is 50.8. The summed E-state index contributed by atoms with van der Waals surface area (Å²) in [7, 11) is 0. The number of amidine groups is 2. The SMILES string of the molecule is C1=CCCC(C2CCCC=C2C2N=C(C3C=CC=C(c4cccc(C5=CC(C6NC(C7=CCCC=C7C7=CCCC=C7)NC(c7ccccc7-c7ccccc7)N6)=CCC5)c4)C3)NC(C3CCCC=C3C3=CCCCC3)=N2)=C1. The van der Waals surface area contributed by atoms with Crippen LogP contribution in [-0.2, 0) is 0 Å². The van der Waals surface area contributed by atoms with Crippen LogP contribution < -0.4 is 21.3 Å². The number of aliphatic imine (C=N–C) groups is 2. The van der Waals surface area contributed by atoms with Crippen molar-refractivity contribution >= 4 is 22.8 Å². The van der Waals surface area contributed by atoms with Gasteiger partial charge in [0.1, 0.15) is 11.7 Å². The molecule has 3 aromatic carbocycles. The van der Waals surface area contributed by atoms with Gasteiger partial charge in [-0.25, -0.2) is 9.98 Å². The van der Waals surface area contributed by atoms with Gasteiger partial charge in [-0.15, -0.1) is 0 Å². The summed E-state index contributed by atoms with van der Waals surface area (Å²) in [5, 5.41) is 16.3. The molecule has 0 saturated carbocycles. The normalized spacial score (nSPS) is 28.4. The summed E-state index contributed by atoms with van der Waals surface area (Å²) >= 11 is 0. The van der Waals surface area contributed by atoms with Crippen molar-refractivity contribution in [1.82, 2.24) is 21.3 Å². The molecule has 8 aliphatic carbocycles. The third kappa shape index (κ3) is 11.0. The van der Waals surface area contributed by atoms with Crippen LogP contribution in [0.1, 0.15) is 145 Å². The predicted octanol–water partition coefficient (Wildman–Crippen LogP) is 16.4. The maximum absolute atomic E-state index is 5.70. The summed E-state index contributed by atoms with van der Waals surface area (Å²) in [6.45, 7) is 0. The molecule has 1 saturated heterocycles. The first-order valence-corrected chi connectivity index (χ1v) is 30.1. The van der Waals surface area contributed by atoms with E-state index in [1.54, 1.807) is 11.1 Å². The predicted molar refractivity (Wildman–Crippen MR) is 326 cm³/mol. The summed E-state index contributed by atoms with van der Waals surface area (Å²) in [6.07, 6.45) is 59.7. The van der Waals surface area contributed by atoms with Crippen molar-refractivity contribution in [1.29, 1.82) is 0 Å². The highest BCUT2D eigenvalue weighted by Crippen LogP contribution is 2.43. The van der Waals surface area contributed by atoms with Crippen molar-refractivity contribution in [3.63, 3.8) is 0 Å². The Kier molecular flexibility index (Phi) is 15.4. The molecular formula is C72H78N6. The zero-order chi connectivity index (χ0) is 52.0. The maximum Gasteiger partial charge on any atom is 0.165 e. The Hall–Kier alpha value is -6.70. The van der Waals surface area contributed by atoms with E-state index >= 15 is 0 Å². The van der Waals surface area contributed by atoms with Crippen molar-refractivity contribution < 1.29 is 0 Å². The van der Waals surface area contributed by atoms with E-state index in [0.717, 1.165) is 88.7 Å². The molecule has 78 heavy (non-hydrogen) atoms. The molecule has 6 nitrogen and oxygen atoms in total. The summed E-state index contributed by atoms with van der Waals surface area (Å²) in [6, 6.07) is 29.2. The second kappa shape index (κ2) is 23.7. The second-order valence-electron chi connectivity index (χ2n) is 23.2. The molecule has 0 radical (unpaired) electrons. The highest BCUT2D eigenvalue weighted by atomic mass is 15.4. The van der Waals surface area contributed by atoms with E-state index in [-0.39, 0.29) is 36.5 Å². The van der Waals surface area contributed by atoms with Crippen LogP contribution >= 0.6 is 0 Å². The van der Waals surface area contributed by atoms with E-state index in [0.29, 0.717) is 5.92 Å². The van der Waals surface area contributed by atoms with Crippen molar-refractivity contribution in [2.24, 2.45) is 27.7 Å². The van der Waals surface area contributed by atoms with Crippen LogP contribution in [-0.4, -0.2) is 30.2 Å². The first-order chi connectivity index (χ1) is 38.7. The van der Waals surface area contributed by atoms with E-state index in [9.17, 15) is 0 Å². The van der Waals surface area contributed by atoms with Gasteiger partial charge in [0.15, 0.2) is 6.17 Å². The van der Waals surface area contributed by atoms with Crippen molar-refractivity contribution in [3.8, 4) is 11.1 Å². The van der Waals surface area contributed by atoms with Gasteiger partial charge in [-0.1, -0.05) is 176 Å². The summed E-state index contributed by atoms with van der Waals surface area (Å²) in [4.78, 5) is 11.4. The third-order valence-corrected chi connectivity index (χ3v) is 18.1. The first-order valence-electron chi connectivity index (χ1n) is 30.1. The Morgan fingerprint density at radius 3 is 2.15 bits per heavy atom. The maximum atomic E-state index is 5.70. The third-order valence-electron chi connectivity index (χ3n) is 18.1. The number of rotatable bonds is 12. The van der Waals surface area contributed by atoms with Gasteiger partial charge in [0, 0.05) is 17.8 Å². The Morgan fingerprint density at radius 2 is 1.28 bits per heavy atom. The van der Waals surface area contributed by atoms with Gasteiger partial charge >= 0.3 is 0 Å². The fourth-order valence-electron chi connectivity index (χ4n) is 14.2. The summed E-state index contributed by atoms with van der Waals surface area (Å²) in [5.74, 6) is 3.05. The molecule has 396 valence electrons. The van der Waals surface area contributed by atoms with Crippen LogP contribution in [0.15, 0.2) is 231 Å². The van der Waals surface area contributed by atoms with Gasteiger partial charge < -0.3 is 5.32 Å². The lowest BCUT2D eigenvalue weighted by atomic mass is 9.77. The minimum absolute atomic E-state index is 0.0565. The molecule has 0 aromatic heterocycles. The molecule has 0 bridgehead atoms. The van der Waals surface area contributed by atoms with Gasteiger partial charge in [-0.3, -0.25) is 16.0 Å². The highest BCUT2D eigenvalue weighted by Gasteiger charge is 2.37. The molecule has 0 spiro atoms. The highest BCUT2D eigenvalue weighted by molar-refractivity contribution is 6.07. The largest absolute Gasteiger partial charge is 0.331 e. The number of allylic oxidation sites excluding steroid dienone is 19. The van der Waals surface area contributed by atoms with Crippen LogP contribution in [0.3, 0.4) is 0 Å². The Bertz CT molecular complexity index is 3260. The van der Waals surface area contributed by atoms with Gasteiger partial charge in [-0.2, -0.15) is 0 Å². The summed E-state index contributed by atoms with van der Waals surface area (Å²) in [5.41, 5.74) is 20.5. The molecule has 4 N–H and O–H groups in total. The molecule has 7 unspecified atom stereocenters. The molecule has 3 aromatic rings.